The summed E-state index contributed by atoms with van der Waals surface area (Å²) in [4.78, 5) is 0. The number of hydrogen-bond donors (Lipinski definition) is 17. The molecule has 0 aliphatic carbocycles. The maximum absolute atomic E-state index is 10.8. The molecule has 0 aromatic heterocycles. The summed E-state index contributed by atoms with van der Waals surface area (Å²) in [6.07, 6.45) is -43.4. The molecule has 0 saturated carbocycles. The fourth-order valence-electron chi connectivity index (χ4n) is 6.85. The Kier molecular flexibility index (Phi) is 16.1. The molecule has 0 radical (unpaired) electrons. The Hall–Kier alpha value is -1.04. The van der Waals surface area contributed by atoms with Crippen molar-refractivity contribution in [3.8, 4) is 0 Å². The zero-order valence-electron chi connectivity index (χ0n) is 29.2. The van der Waals surface area contributed by atoms with Crippen molar-refractivity contribution in [2.45, 2.75) is 154 Å². The van der Waals surface area contributed by atoms with Crippen LogP contribution in [0.25, 0.3) is 0 Å². The SMILES string of the molecule is OC[C@@H](O)[C@@H]1O[C@@H](O[C@H](CO)[C@@H]2O[C@@H](O[C@H](CO)[C@@H]3O[C@@H](OC[C@H]4O[C@H](OC[C@H]5O[C@H](O)[C@@H](O)[C@@H](O)[C@@H]5O)[C@@H](O)[C@@H](O)[C@@H]4O)[C@H](O)[C@H]3O)[C@H](O)[C@H]2O)[C@H](O)[C@H]1O. The minimum atomic E-state index is -1.91. The van der Waals surface area contributed by atoms with Gasteiger partial charge in [0.2, 0.25) is 0 Å². The second kappa shape index (κ2) is 19.6. The van der Waals surface area contributed by atoms with Crippen LogP contribution in [-0.4, -0.2) is 273 Å². The van der Waals surface area contributed by atoms with E-state index in [-0.39, 0.29) is 0 Å². The molecule has 328 valence electrons. The van der Waals surface area contributed by atoms with Gasteiger partial charge in [0.1, 0.15) is 122 Å². The molecule has 5 rings (SSSR count). The van der Waals surface area contributed by atoms with E-state index in [1.807, 2.05) is 0 Å². The highest BCUT2D eigenvalue weighted by Gasteiger charge is 2.55. The number of aliphatic hydroxyl groups excluding tert-OH is 17. The molecule has 25 atom stereocenters. The van der Waals surface area contributed by atoms with E-state index in [0.717, 1.165) is 0 Å². The standard InChI is InChI=1S/C30H52O26/c31-1-6(34)23-15(39)21(45)29(54-23)51-8(3-33)25-17(41)22(46)30(56-25)52-7(2-32)24-16(40)20(44)28(55-24)49-5-10-12(36)14(38)19(43)27(53-10)48-4-9-11(35)13(37)18(42)26(47)50-9/h6-47H,1-5H2/t6-,7-,8-,9-,10-,11-,12-,13+,14+,15-,16-,17-,18+,19+,20-,21-,22-,23+,24+,25+,26+,27+,28-,29-,30-/m1/s1. The fourth-order valence-corrected chi connectivity index (χ4v) is 6.85. The zero-order chi connectivity index (χ0) is 41.3. The molecule has 5 aliphatic heterocycles. The third kappa shape index (κ3) is 9.46. The van der Waals surface area contributed by atoms with Crippen LogP contribution in [0.3, 0.4) is 0 Å². The highest BCUT2D eigenvalue weighted by Crippen LogP contribution is 2.34. The molecule has 0 aromatic carbocycles. The van der Waals surface area contributed by atoms with Gasteiger partial charge in [-0.2, -0.15) is 0 Å². The molecule has 0 spiro atoms. The lowest BCUT2D eigenvalue weighted by Gasteiger charge is -2.42. The molecule has 26 heteroatoms. The Balaban J connectivity index is 1.15. The van der Waals surface area contributed by atoms with Crippen molar-refractivity contribution in [2.24, 2.45) is 0 Å². The first-order valence-corrected chi connectivity index (χ1v) is 17.6. The predicted molar refractivity (Wildman–Crippen MR) is 167 cm³/mol. The Morgan fingerprint density at radius 1 is 0.375 bits per heavy atom. The van der Waals surface area contributed by atoms with Gasteiger partial charge in [0.25, 0.3) is 0 Å². The van der Waals surface area contributed by atoms with Crippen LogP contribution >= 0.6 is 0 Å². The lowest BCUT2D eigenvalue weighted by molar-refractivity contribution is -0.330. The molecular weight excluding hydrogens is 776 g/mol. The average molecular weight is 829 g/mol. The summed E-state index contributed by atoms with van der Waals surface area (Å²) < 4.78 is 48.7. The van der Waals surface area contributed by atoms with Crippen LogP contribution in [0, 0.1) is 0 Å². The van der Waals surface area contributed by atoms with Crippen molar-refractivity contribution in [2.75, 3.05) is 33.0 Å². The summed E-state index contributed by atoms with van der Waals surface area (Å²) in [5, 5.41) is 173. The summed E-state index contributed by atoms with van der Waals surface area (Å²) >= 11 is 0. The van der Waals surface area contributed by atoms with Gasteiger partial charge in [0.15, 0.2) is 31.5 Å². The first kappa shape index (κ1) is 46.0. The maximum atomic E-state index is 10.8. The Bertz CT molecular complexity index is 1210. The second-order valence-corrected chi connectivity index (χ2v) is 14.0. The third-order valence-electron chi connectivity index (χ3n) is 10.3. The monoisotopic (exact) mass is 828 g/mol. The first-order valence-electron chi connectivity index (χ1n) is 17.6. The minimum absolute atomic E-state index is 0.662. The highest BCUT2D eigenvalue weighted by molar-refractivity contribution is 4.97. The Morgan fingerprint density at radius 2 is 0.750 bits per heavy atom. The van der Waals surface area contributed by atoms with Crippen molar-refractivity contribution >= 4 is 0 Å². The maximum Gasteiger partial charge on any atom is 0.187 e. The van der Waals surface area contributed by atoms with Crippen LogP contribution in [0.15, 0.2) is 0 Å². The molecule has 0 bridgehead atoms. The quantitative estimate of drug-likeness (QED) is 0.0687. The molecule has 0 unspecified atom stereocenters. The van der Waals surface area contributed by atoms with E-state index in [2.05, 4.69) is 0 Å². The van der Waals surface area contributed by atoms with Gasteiger partial charge in [0, 0.05) is 0 Å². The van der Waals surface area contributed by atoms with E-state index in [9.17, 15) is 81.7 Å². The van der Waals surface area contributed by atoms with E-state index in [1.54, 1.807) is 0 Å². The smallest absolute Gasteiger partial charge is 0.187 e. The second-order valence-electron chi connectivity index (χ2n) is 14.0. The average Bonchev–Trinajstić information content (AvgIpc) is 3.75. The molecule has 5 fully saturated rings. The van der Waals surface area contributed by atoms with Gasteiger partial charge in [-0.05, 0) is 0 Å². The van der Waals surface area contributed by atoms with Crippen LogP contribution in [0.5, 0.6) is 0 Å². The number of ether oxygens (including phenoxy) is 9. The van der Waals surface area contributed by atoms with Crippen molar-refractivity contribution in [3.05, 3.63) is 0 Å². The minimum Gasteiger partial charge on any atom is -0.394 e. The van der Waals surface area contributed by atoms with Gasteiger partial charge in [-0.15, -0.1) is 0 Å². The normalized spacial score (nSPS) is 50.3. The summed E-state index contributed by atoms with van der Waals surface area (Å²) in [6.45, 7) is -4.08. The lowest BCUT2D eigenvalue weighted by atomic mass is 9.98. The Morgan fingerprint density at radius 3 is 1.23 bits per heavy atom. The summed E-state index contributed by atoms with van der Waals surface area (Å²) in [5.74, 6) is 0. The summed E-state index contributed by atoms with van der Waals surface area (Å²) in [7, 11) is 0. The topological polar surface area (TPSA) is 427 Å². The molecule has 5 aliphatic rings. The number of rotatable bonds is 16. The van der Waals surface area contributed by atoms with E-state index >= 15 is 0 Å². The molecule has 0 amide bonds. The largest absolute Gasteiger partial charge is 0.394 e. The van der Waals surface area contributed by atoms with Crippen LogP contribution < -0.4 is 0 Å². The molecule has 5 heterocycles. The fraction of sp³-hybridized carbons (Fsp3) is 1.00. The van der Waals surface area contributed by atoms with Gasteiger partial charge in [-0.25, -0.2) is 0 Å². The lowest BCUT2D eigenvalue weighted by Crippen LogP contribution is -2.61. The van der Waals surface area contributed by atoms with Gasteiger partial charge in [-0.1, -0.05) is 0 Å². The highest BCUT2D eigenvalue weighted by atomic mass is 16.8. The van der Waals surface area contributed by atoms with Gasteiger partial charge >= 0.3 is 0 Å². The molecule has 26 nitrogen and oxygen atoms in total. The van der Waals surface area contributed by atoms with E-state index < -0.39 is 187 Å². The predicted octanol–water partition coefficient (Wildman–Crippen LogP) is -11.9. The number of aliphatic hydroxyl groups is 17. The summed E-state index contributed by atoms with van der Waals surface area (Å²) in [5.41, 5.74) is 0. The van der Waals surface area contributed by atoms with E-state index in [1.165, 1.54) is 0 Å². The van der Waals surface area contributed by atoms with Crippen LogP contribution in [0.4, 0.5) is 0 Å². The van der Waals surface area contributed by atoms with E-state index in [0.29, 0.717) is 0 Å². The molecule has 5 saturated heterocycles. The van der Waals surface area contributed by atoms with Gasteiger partial charge in [0.05, 0.1) is 33.0 Å². The summed E-state index contributed by atoms with van der Waals surface area (Å²) in [6, 6.07) is 0. The van der Waals surface area contributed by atoms with E-state index in [4.69, 9.17) is 47.7 Å². The van der Waals surface area contributed by atoms with Crippen molar-refractivity contribution in [1.82, 2.24) is 0 Å². The van der Waals surface area contributed by atoms with Gasteiger partial charge < -0.3 is 129 Å². The van der Waals surface area contributed by atoms with Crippen LogP contribution in [-0.2, 0) is 42.6 Å². The van der Waals surface area contributed by atoms with Crippen LogP contribution in [0.2, 0.25) is 0 Å². The van der Waals surface area contributed by atoms with Gasteiger partial charge in [-0.3, -0.25) is 0 Å². The van der Waals surface area contributed by atoms with Crippen molar-refractivity contribution < 1.29 is 129 Å². The molecule has 0 aromatic rings. The first-order chi connectivity index (χ1) is 26.4. The number of hydrogen-bond acceptors (Lipinski definition) is 26. The Labute approximate surface area is 316 Å². The molecule has 56 heavy (non-hydrogen) atoms. The molecular formula is C30H52O26. The third-order valence-corrected chi connectivity index (χ3v) is 10.3. The van der Waals surface area contributed by atoms with Crippen molar-refractivity contribution in [1.29, 1.82) is 0 Å². The molecule has 17 N–H and O–H groups in total. The van der Waals surface area contributed by atoms with Crippen LogP contribution in [0.1, 0.15) is 0 Å². The zero-order valence-corrected chi connectivity index (χ0v) is 29.2. The van der Waals surface area contributed by atoms with Crippen molar-refractivity contribution in [3.63, 3.8) is 0 Å².